The molecule has 1 heterocycles. The van der Waals surface area contributed by atoms with Crippen molar-refractivity contribution in [1.82, 2.24) is 10.2 Å². The van der Waals surface area contributed by atoms with E-state index in [2.05, 4.69) is 19.2 Å². The smallest absolute Gasteiger partial charge is 0.326 e. The van der Waals surface area contributed by atoms with Crippen molar-refractivity contribution in [2.24, 2.45) is 11.8 Å². The van der Waals surface area contributed by atoms with Crippen LogP contribution in [0, 0.1) is 11.8 Å². The summed E-state index contributed by atoms with van der Waals surface area (Å²) in [6.07, 6.45) is 4.37. The minimum absolute atomic E-state index is 0.0114. The predicted octanol–water partition coefficient (Wildman–Crippen LogP) is 1.48. The highest BCUT2D eigenvalue weighted by Gasteiger charge is 2.49. The number of hydrogen-bond acceptors (Lipinski definition) is 3. The van der Waals surface area contributed by atoms with Crippen molar-refractivity contribution >= 4 is 11.9 Å². The lowest BCUT2D eigenvalue weighted by Gasteiger charge is -2.24. The number of nitrogens with zero attached hydrogens (tertiary/aromatic N) is 1. The SMILES string of the molecule is CC(C)NCCCC(=O)N1CC2CCCC2C1C(=O)O. The Morgan fingerprint density at radius 1 is 1.35 bits per heavy atom. The maximum absolute atomic E-state index is 12.3. The summed E-state index contributed by atoms with van der Waals surface area (Å²) >= 11 is 0. The Morgan fingerprint density at radius 2 is 2.10 bits per heavy atom. The van der Waals surface area contributed by atoms with Crippen molar-refractivity contribution in [3.8, 4) is 0 Å². The van der Waals surface area contributed by atoms with Crippen molar-refractivity contribution in [3.05, 3.63) is 0 Å². The first-order chi connectivity index (χ1) is 9.50. The molecule has 0 radical (unpaired) electrons. The number of amides is 1. The molecule has 2 fully saturated rings. The molecule has 2 aliphatic rings. The summed E-state index contributed by atoms with van der Waals surface area (Å²) in [5, 5.41) is 12.7. The Hall–Kier alpha value is -1.10. The van der Waals surface area contributed by atoms with Gasteiger partial charge in [-0.15, -0.1) is 0 Å². The molecule has 2 N–H and O–H groups in total. The van der Waals surface area contributed by atoms with Crippen molar-refractivity contribution in [2.45, 2.75) is 58.0 Å². The number of fused-ring (bicyclic) bond motifs is 1. The molecule has 1 aliphatic carbocycles. The number of carbonyl (C=O) groups excluding carboxylic acids is 1. The number of carboxylic acid groups (broad SMARTS) is 1. The molecule has 0 bridgehead atoms. The average Bonchev–Trinajstić information content (AvgIpc) is 2.92. The zero-order valence-electron chi connectivity index (χ0n) is 12.5. The Balaban J connectivity index is 1.87. The van der Waals surface area contributed by atoms with Gasteiger partial charge in [-0.2, -0.15) is 0 Å². The van der Waals surface area contributed by atoms with Crippen LogP contribution in [0.2, 0.25) is 0 Å². The molecule has 20 heavy (non-hydrogen) atoms. The number of likely N-dealkylation sites (tertiary alicyclic amines) is 1. The quantitative estimate of drug-likeness (QED) is 0.724. The Labute approximate surface area is 120 Å². The minimum atomic E-state index is -0.826. The van der Waals surface area contributed by atoms with Gasteiger partial charge >= 0.3 is 5.97 Å². The van der Waals surface area contributed by atoms with Gasteiger partial charge in [-0.3, -0.25) is 4.79 Å². The third kappa shape index (κ3) is 3.32. The summed E-state index contributed by atoms with van der Waals surface area (Å²) in [7, 11) is 0. The average molecular weight is 282 g/mol. The summed E-state index contributed by atoms with van der Waals surface area (Å²) in [5.74, 6) is -0.218. The van der Waals surface area contributed by atoms with E-state index >= 15 is 0 Å². The van der Waals surface area contributed by atoms with Gasteiger partial charge in [0.2, 0.25) is 5.91 Å². The molecule has 1 amide bonds. The van der Waals surface area contributed by atoms with E-state index in [1.165, 1.54) is 0 Å². The molecule has 5 nitrogen and oxygen atoms in total. The predicted molar refractivity (Wildman–Crippen MR) is 76.3 cm³/mol. The van der Waals surface area contributed by atoms with Crippen LogP contribution < -0.4 is 5.32 Å². The number of nitrogens with one attached hydrogen (secondary N) is 1. The molecule has 0 aromatic carbocycles. The summed E-state index contributed by atoms with van der Waals surface area (Å²) in [5.41, 5.74) is 0. The third-order valence-electron chi connectivity index (χ3n) is 4.58. The van der Waals surface area contributed by atoms with E-state index in [0.717, 1.165) is 32.2 Å². The lowest BCUT2D eigenvalue weighted by atomic mass is 9.94. The summed E-state index contributed by atoms with van der Waals surface area (Å²) in [6, 6.07) is -0.156. The molecule has 1 saturated heterocycles. The Bertz CT molecular complexity index is 370. The largest absolute Gasteiger partial charge is 0.480 e. The van der Waals surface area contributed by atoms with Gasteiger partial charge in [-0.05, 0) is 37.6 Å². The Kier molecular flexibility index (Phi) is 5.02. The molecule has 1 saturated carbocycles. The van der Waals surface area contributed by atoms with Crippen LogP contribution in [0.3, 0.4) is 0 Å². The molecule has 2 rings (SSSR count). The van der Waals surface area contributed by atoms with Gasteiger partial charge in [0.05, 0.1) is 0 Å². The van der Waals surface area contributed by atoms with Crippen LogP contribution >= 0.6 is 0 Å². The molecular formula is C15H26N2O3. The number of hydrogen-bond donors (Lipinski definition) is 2. The van der Waals surface area contributed by atoms with Gasteiger partial charge < -0.3 is 15.3 Å². The van der Waals surface area contributed by atoms with Crippen molar-refractivity contribution in [3.63, 3.8) is 0 Å². The van der Waals surface area contributed by atoms with Crippen molar-refractivity contribution in [2.75, 3.05) is 13.1 Å². The zero-order chi connectivity index (χ0) is 14.7. The third-order valence-corrected chi connectivity index (χ3v) is 4.58. The number of carboxylic acids is 1. The molecule has 3 atom stereocenters. The molecule has 0 aromatic heterocycles. The normalized spacial score (nSPS) is 28.9. The number of aliphatic carboxylic acids is 1. The fourth-order valence-corrected chi connectivity index (χ4v) is 3.65. The molecule has 1 aliphatic heterocycles. The first-order valence-corrected chi connectivity index (χ1v) is 7.76. The van der Waals surface area contributed by atoms with Crippen molar-refractivity contribution < 1.29 is 14.7 Å². The highest BCUT2D eigenvalue weighted by molar-refractivity contribution is 5.84. The molecule has 0 spiro atoms. The first kappa shape index (κ1) is 15.3. The first-order valence-electron chi connectivity index (χ1n) is 7.76. The van der Waals surface area contributed by atoms with E-state index in [1.807, 2.05) is 0 Å². The second-order valence-corrected chi connectivity index (χ2v) is 6.40. The van der Waals surface area contributed by atoms with Gasteiger partial charge in [-0.1, -0.05) is 20.3 Å². The lowest BCUT2D eigenvalue weighted by Crippen LogP contribution is -2.43. The van der Waals surface area contributed by atoms with E-state index in [4.69, 9.17) is 0 Å². The van der Waals surface area contributed by atoms with Crippen molar-refractivity contribution in [1.29, 1.82) is 0 Å². The maximum atomic E-state index is 12.3. The molecule has 3 unspecified atom stereocenters. The van der Waals surface area contributed by atoms with Gasteiger partial charge in [0.25, 0.3) is 0 Å². The van der Waals surface area contributed by atoms with Crippen LogP contribution in [0.5, 0.6) is 0 Å². The standard InChI is InChI=1S/C15H26N2O3/c1-10(2)16-8-4-7-13(18)17-9-11-5-3-6-12(11)14(17)15(19)20/h10-12,14,16H,3-9H2,1-2H3,(H,19,20). The Morgan fingerprint density at radius 3 is 2.75 bits per heavy atom. The van der Waals surface area contributed by atoms with Gasteiger partial charge in [-0.25, -0.2) is 4.79 Å². The maximum Gasteiger partial charge on any atom is 0.326 e. The molecule has 5 heteroatoms. The summed E-state index contributed by atoms with van der Waals surface area (Å²) in [6.45, 7) is 5.60. The topological polar surface area (TPSA) is 69.6 Å². The fourth-order valence-electron chi connectivity index (χ4n) is 3.65. The summed E-state index contributed by atoms with van der Waals surface area (Å²) < 4.78 is 0. The summed E-state index contributed by atoms with van der Waals surface area (Å²) in [4.78, 5) is 25.4. The van der Waals surface area contributed by atoms with E-state index in [9.17, 15) is 14.7 Å². The number of rotatable bonds is 6. The van der Waals surface area contributed by atoms with Crippen LogP contribution in [0.15, 0.2) is 0 Å². The van der Waals surface area contributed by atoms with E-state index < -0.39 is 12.0 Å². The van der Waals surface area contributed by atoms with Gasteiger partial charge in [0, 0.05) is 19.0 Å². The van der Waals surface area contributed by atoms with Crippen LogP contribution in [0.4, 0.5) is 0 Å². The number of carbonyl (C=O) groups is 2. The van der Waals surface area contributed by atoms with Crippen LogP contribution in [-0.4, -0.2) is 47.1 Å². The zero-order valence-corrected chi connectivity index (χ0v) is 12.5. The van der Waals surface area contributed by atoms with E-state index in [-0.39, 0.29) is 11.8 Å². The van der Waals surface area contributed by atoms with Gasteiger partial charge in [0.15, 0.2) is 0 Å². The minimum Gasteiger partial charge on any atom is -0.480 e. The molecule has 114 valence electrons. The van der Waals surface area contributed by atoms with Crippen LogP contribution in [0.25, 0.3) is 0 Å². The van der Waals surface area contributed by atoms with E-state index in [0.29, 0.717) is 24.9 Å². The van der Waals surface area contributed by atoms with E-state index in [1.54, 1.807) is 4.90 Å². The molecule has 0 aromatic rings. The van der Waals surface area contributed by atoms with Crippen LogP contribution in [-0.2, 0) is 9.59 Å². The second kappa shape index (κ2) is 6.57. The second-order valence-electron chi connectivity index (χ2n) is 6.40. The lowest BCUT2D eigenvalue weighted by molar-refractivity contribution is -0.149. The highest BCUT2D eigenvalue weighted by Crippen LogP contribution is 2.42. The van der Waals surface area contributed by atoms with Gasteiger partial charge in [0.1, 0.15) is 6.04 Å². The fraction of sp³-hybridized carbons (Fsp3) is 0.867. The monoisotopic (exact) mass is 282 g/mol. The van der Waals surface area contributed by atoms with Crippen LogP contribution in [0.1, 0.15) is 46.0 Å². The highest BCUT2D eigenvalue weighted by atomic mass is 16.4. The molecular weight excluding hydrogens is 256 g/mol.